The highest BCUT2D eigenvalue weighted by Gasteiger charge is 2.32. The van der Waals surface area contributed by atoms with Crippen molar-refractivity contribution in [1.82, 2.24) is 29.7 Å². The summed E-state index contributed by atoms with van der Waals surface area (Å²) < 4.78 is 7.41. The fourth-order valence-electron chi connectivity index (χ4n) is 4.43. The van der Waals surface area contributed by atoms with Gasteiger partial charge in [0, 0.05) is 38.1 Å². The fourth-order valence-corrected chi connectivity index (χ4v) is 5.29. The largest absolute Gasteiger partial charge is 0.374 e. The summed E-state index contributed by atoms with van der Waals surface area (Å²) in [6.07, 6.45) is 3.77. The molecule has 1 atom stereocenters. The lowest BCUT2D eigenvalue weighted by Gasteiger charge is -2.33. The number of rotatable bonds is 9. The zero-order valence-electron chi connectivity index (χ0n) is 19.7. The van der Waals surface area contributed by atoms with E-state index in [2.05, 4.69) is 39.0 Å². The fraction of sp³-hybridized carbons (Fsp3) is 0.696. The van der Waals surface area contributed by atoms with Gasteiger partial charge >= 0.3 is 5.69 Å². The predicted octanol–water partition coefficient (Wildman–Crippen LogP) is 1.26. The van der Waals surface area contributed by atoms with Crippen LogP contribution in [-0.2, 0) is 9.53 Å². The van der Waals surface area contributed by atoms with Gasteiger partial charge in [0.25, 0.3) is 5.56 Å². The molecule has 1 saturated heterocycles. The molecule has 3 aliphatic rings. The third kappa shape index (κ3) is 5.36. The lowest BCUT2D eigenvalue weighted by Crippen LogP contribution is -2.48. The summed E-state index contributed by atoms with van der Waals surface area (Å²) in [5.74, 6) is 1.50. The Bertz CT molecular complexity index is 1190. The van der Waals surface area contributed by atoms with Crippen LogP contribution in [-0.4, -0.2) is 75.0 Å². The molecule has 34 heavy (non-hydrogen) atoms. The molecule has 5 rings (SSSR count). The van der Waals surface area contributed by atoms with E-state index in [0.29, 0.717) is 41.0 Å². The molecule has 0 unspecified atom stereocenters. The molecule has 2 N–H and O–H groups in total. The minimum atomic E-state index is -0.497. The summed E-state index contributed by atoms with van der Waals surface area (Å²) in [5.41, 5.74) is -0.520. The average molecular weight is 489 g/mol. The Morgan fingerprint density at radius 3 is 2.74 bits per heavy atom. The molecule has 0 radical (unpaired) electrons. The first-order valence-electron chi connectivity index (χ1n) is 12.2. The number of H-pyrrole nitrogens is 1. The SMILES string of the molecule is CC(C)CN1CCO[C@@H](CNC(=O)CSc2nc(C3CC3)nc3c2c(=O)[nH]c(=O)n3C2CC2)C1. The maximum absolute atomic E-state index is 12.7. The third-order valence-electron chi connectivity index (χ3n) is 6.34. The van der Waals surface area contributed by atoms with Crippen LogP contribution in [0.3, 0.4) is 0 Å². The second kappa shape index (κ2) is 9.79. The molecule has 1 amide bonds. The Hall–Kier alpha value is -2.24. The zero-order chi connectivity index (χ0) is 23.8. The van der Waals surface area contributed by atoms with E-state index in [9.17, 15) is 14.4 Å². The van der Waals surface area contributed by atoms with Crippen LogP contribution in [0, 0.1) is 5.92 Å². The lowest BCUT2D eigenvalue weighted by atomic mass is 10.2. The molecule has 184 valence electrons. The minimum Gasteiger partial charge on any atom is -0.374 e. The molecule has 3 heterocycles. The summed E-state index contributed by atoms with van der Waals surface area (Å²) in [4.78, 5) is 51.9. The highest BCUT2D eigenvalue weighted by Crippen LogP contribution is 2.40. The maximum Gasteiger partial charge on any atom is 0.330 e. The van der Waals surface area contributed by atoms with Crippen LogP contribution in [0.2, 0.25) is 0 Å². The van der Waals surface area contributed by atoms with Crippen LogP contribution in [0.15, 0.2) is 14.6 Å². The number of hydrogen-bond donors (Lipinski definition) is 2. The Labute approximate surface area is 201 Å². The standard InChI is InChI=1S/C23H32N6O4S/c1-13(2)10-28-7-8-33-16(11-28)9-24-17(30)12-34-22-18-20(25-19(26-22)14-3-4-14)29(15-5-6-15)23(32)27-21(18)31/h13-16H,3-12H2,1-2H3,(H,24,30)(H,27,31,32)/t16-/m0/s1. The molecule has 2 aromatic heterocycles. The van der Waals surface area contributed by atoms with Crippen molar-refractivity contribution in [1.29, 1.82) is 0 Å². The smallest absolute Gasteiger partial charge is 0.330 e. The number of nitrogens with one attached hydrogen (secondary N) is 2. The molecule has 0 bridgehead atoms. The van der Waals surface area contributed by atoms with Crippen molar-refractivity contribution in [3.05, 3.63) is 26.7 Å². The Kier molecular flexibility index (Phi) is 6.76. The van der Waals surface area contributed by atoms with Gasteiger partial charge in [0.1, 0.15) is 16.2 Å². The molecule has 2 aromatic rings. The second-order valence-corrected chi connectivity index (χ2v) is 10.9. The second-order valence-electron chi connectivity index (χ2n) is 9.96. The first-order valence-corrected chi connectivity index (χ1v) is 13.2. The lowest BCUT2D eigenvalue weighted by molar-refractivity contribution is -0.119. The van der Waals surface area contributed by atoms with Gasteiger partial charge in [-0.1, -0.05) is 25.6 Å². The average Bonchev–Trinajstić information content (AvgIpc) is 3.69. The number of thioether (sulfide) groups is 1. The Morgan fingerprint density at radius 1 is 1.24 bits per heavy atom. The molecule has 1 aliphatic heterocycles. The molecule has 3 fully saturated rings. The zero-order valence-corrected chi connectivity index (χ0v) is 20.5. The van der Waals surface area contributed by atoms with Gasteiger partial charge < -0.3 is 10.1 Å². The van der Waals surface area contributed by atoms with E-state index in [-0.39, 0.29) is 29.7 Å². The van der Waals surface area contributed by atoms with Gasteiger partial charge in [-0.25, -0.2) is 14.8 Å². The molecule has 11 heteroatoms. The maximum atomic E-state index is 12.7. The third-order valence-corrected chi connectivity index (χ3v) is 7.31. The predicted molar refractivity (Wildman–Crippen MR) is 129 cm³/mol. The monoisotopic (exact) mass is 488 g/mol. The number of hydrogen-bond acceptors (Lipinski definition) is 8. The Balaban J connectivity index is 1.28. The number of nitrogens with zero attached hydrogens (tertiary/aromatic N) is 4. The van der Waals surface area contributed by atoms with Crippen molar-refractivity contribution in [3.8, 4) is 0 Å². The molecule has 2 saturated carbocycles. The number of ether oxygens (including phenoxy) is 1. The van der Waals surface area contributed by atoms with Gasteiger partial charge in [-0.3, -0.25) is 24.0 Å². The van der Waals surface area contributed by atoms with Crippen molar-refractivity contribution in [2.45, 2.75) is 62.6 Å². The van der Waals surface area contributed by atoms with Crippen LogP contribution in [0.4, 0.5) is 0 Å². The van der Waals surface area contributed by atoms with Crippen LogP contribution >= 0.6 is 11.8 Å². The number of morpholine rings is 1. The summed E-state index contributed by atoms with van der Waals surface area (Å²) in [5, 5.41) is 3.73. The van der Waals surface area contributed by atoms with E-state index in [0.717, 1.165) is 45.3 Å². The van der Waals surface area contributed by atoms with Crippen LogP contribution in [0.5, 0.6) is 0 Å². The topological polar surface area (TPSA) is 122 Å². The van der Waals surface area contributed by atoms with Crippen molar-refractivity contribution in [2.24, 2.45) is 5.92 Å². The van der Waals surface area contributed by atoms with E-state index >= 15 is 0 Å². The van der Waals surface area contributed by atoms with Gasteiger partial charge in [-0.05, 0) is 31.6 Å². The van der Waals surface area contributed by atoms with Crippen molar-refractivity contribution in [2.75, 3.05) is 38.5 Å². The first kappa shape index (κ1) is 23.5. The quantitative estimate of drug-likeness (QED) is 0.400. The van der Waals surface area contributed by atoms with Crippen LogP contribution < -0.4 is 16.6 Å². The van der Waals surface area contributed by atoms with Gasteiger partial charge in [0.05, 0.1) is 18.5 Å². The van der Waals surface area contributed by atoms with E-state index in [1.54, 1.807) is 4.57 Å². The highest BCUT2D eigenvalue weighted by molar-refractivity contribution is 8.00. The van der Waals surface area contributed by atoms with Gasteiger partial charge in [-0.15, -0.1) is 0 Å². The number of carbonyl (C=O) groups excluding carboxylic acids is 1. The molecule has 0 aromatic carbocycles. The van der Waals surface area contributed by atoms with Crippen LogP contribution in [0.1, 0.15) is 57.3 Å². The molecule has 2 aliphatic carbocycles. The van der Waals surface area contributed by atoms with Crippen molar-refractivity contribution >= 4 is 28.7 Å². The minimum absolute atomic E-state index is 0.0291. The number of amides is 1. The van der Waals surface area contributed by atoms with E-state index < -0.39 is 11.2 Å². The van der Waals surface area contributed by atoms with Gasteiger partial charge in [0.15, 0.2) is 5.65 Å². The highest BCUT2D eigenvalue weighted by atomic mass is 32.2. The summed E-state index contributed by atoms with van der Waals surface area (Å²) in [6.45, 7) is 8.27. The summed E-state index contributed by atoms with van der Waals surface area (Å²) in [7, 11) is 0. The van der Waals surface area contributed by atoms with Gasteiger partial charge in [-0.2, -0.15) is 0 Å². The molecule has 10 nitrogen and oxygen atoms in total. The van der Waals surface area contributed by atoms with Crippen LogP contribution in [0.25, 0.3) is 11.0 Å². The molecular formula is C23H32N6O4S. The molecule has 0 spiro atoms. The Morgan fingerprint density at radius 2 is 2.03 bits per heavy atom. The normalized spacial score (nSPS) is 21.3. The summed E-state index contributed by atoms with van der Waals surface area (Å²) in [6, 6.07) is 0.0701. The van der Waals surface area contributed by atoms with E-state index in [1.807, 2.05) is 0 Å². The van der Waals surface area contributed by atoms with E-state index in [4.69, 9.17) is 4.74 Å². The van der Waals surface area contributed by atoms with E-state index in [1.165, 1.54) is 11.8 Å². The van der Waals surface area contributed by atoms with Crippen molar-refractivity contribution < 1.29 is 9.53 Å². The first-order chi connectivity index (χ1) is 16.4. The number of carbonyl (C=O) groups is 1. The van der Waals surface area contributed by atoms with Crippen molar-refractivity contribution in [3.63, 3.8) is 0 Å². The number of aromatic nitrogens is 4. The number of aromatic amines is 1. The van der Waals surface area contributed by atoms with Gasteiger partial charge in [0.2, 0.25) is 5.91 Å². The molecular weight excluding hydrogens is 456 g/mol. The summed E-state index contributed by atoms with van der Waals surface area (Å²) >= 11 is 1.22. The number of fused-ring (bicyclic) bond motifs is 1.